The first-order valence-corrected chi connectivity index (χ1v) is 9.72. The number of carbonyl (C=O) groups is 1. The fourth-order valence-corrected chi connectivity index (χ4v) is 4.40. The lowest BCUT2D eigenvalue weighted by molar-refractivity contribution is 0.111. The second kappa shape index (κ2) is 7.48. The molecule has 0 amide bonds. The van der Waals surface area contributed by atoms with E-state index in [0.29, 0.717) is 5.69 Å². The van der Waals surface area contributed by atoms with Gasteiger partial charge in [0, 0.05) is 28.8 Å². The van der Waals surface area contributed by atoms with Crippen LogP contribution in [0.2, 0.25) is 0 Å². The van der Waals surface area contributed by atoms with Crippen molar-refractivity contribution in [3.63, 3.8) is 0 Å². The van der Waals surface area contributed by atoms with Gasteiger partial charge in [-0.05, 0) is 16.7 Å². The number of benzene rings is 3. The van der Waals surface area contributed by atoms with Crippen LogP contribution in [0.1, 0.15) is 27.2 Å². The van der Waals surface area contributed by atoms with Gasteiger partial charge in [0.2, 0.25) is 0 Å². The van der Waals surface area contributed by atoms with Gasteiger partial charge in [-0.15, -0.1) is 0 Å². The van der Waals surface area contributed by atoms with Gasteiger partial charge < -0.3 is 4.57 Å². The zero-order chi connectivity index (χ0) is 18.7. The molecule has 0 fully saturated rings. The highest BCUT2D eigenvalue weighted by atomic mass is 127. The summed E-state index contributed by atoms with van der Waals surface area (Å²) in [5.41, 5.74) is 3.11. The number of carbonyl (C=O) groups excluding carboxylic acids is 1. The van der Waals surface area contributed by atoms with Crippen LogP contribution >= 0.6 is 22.6 Å². The molecule has 3 aromatic carbocycles. The summed E-state index contributed by atoms with van der Waals surface area (Å²) in [7, 11) is 0. The summed E-state index contributed by atoms with van der Waals surface area (Å²) in [5, 5.41) is 0. The van der Waals surface area contributed by atoms with E-state index in [4.69, 9.17) is 0 Å². The molecule has 0 unspecified atom stereocenters. The number of hydrogen-bond donors (Lipinski definition) is 0. The van der Waals surface area contributed by atoms with Crippen LogP contribution in [-0.2, 0) is 5.54 Å². The molecule has 3 nitrogen and oxygen atoms in total. The Labute approximate surface area is 171 Å². The van der Waals surface area contributed by atoms with E-state index in [-0.39, 0.29) is 0 Å². The average Bonchev–Trinajstić information content (AvgIpc) is 3.12. The zero-order valence-corrected chi connectivity index (χ0v) is 16.7. The number of aromatic nitrogens is 2. The van der Waals surface area contributed by atoms with Gasteiger partial charge >= 0.3 is 0 Å². The van der Waals surface area contributed by atoms with Gasteiger partial charge in [0.1, 0.15) is 11.2 Å². The standard InChI is InChI=1S/C23H17IN2O/c24-22-25-21(17-27)16-26(22)23(18-10-4-1-5-11-18,19-12-6-2-7-13-19)20-14-8-3-9-15-20/h1-17H. The van der Waals surface area contributed by atoms with Gasteiger partial charge in [-0.25, -0.2) is 4.98 Å². The van der Waals surface area contributed by atoms with Crippen molar-refractivity contribution in [2.75, 3.05) is 0 Å². The number of aldehydes is 1. The normalized spacial score (nSPS) is 11.3. The van der Waals surface area contributed by atoms with E-state index in [1.807, 2.05) is 60.8 Å². The number of halogens is 1. The zero-order valence-electron chi connectivity index (χ0n) is 14.5. The summed E-state index contributed by atoms with van der Waals surface area (Å²) in [6, 6.07) is 31.0. The van der Waals surface area contributed by atoms with Gasteiger partial charge in [-0.1, -0.05) is 91.0 Å². The molecule has 0 N–H and O–H groups in total. The Kier molecular flexibility index (Phi) is 4.90. The molecule has 0 spiro atoms. The smallest absolute Gasteiger partial charge is 0.173 e. The molecule has 27 heavy (non-hydrogen) atoms. The third kappa shape index (κ3) is 3.00. The number of imidazole rings is 1. The molecule has 1 aromatic heterocycles. The van der Waals surface area contributed by atoms with Crippen LogP contribution in [0.4, 0.5) is 0 Å². The van der Waals surface area contributed by atoms with Crippen LogP contribution in [0.25, 0.3) is 0 Å². The van der Waals surface area contributed by atoms with Crippen molar-refractivity contribution in [1.29, 1.82) is 0 Å². The molecule has 0 aliphatic heterocycles. The minimum atomic E-state index is -0.630. The highest BCUT2D eigenvalue weighted by molar-refractivity contribution is 14.1. The summed E-state index contributed by atoms with van der Waals surface area (Å²) in [5.74, 6) is 0. The predicted octanol–water partition coefficient (Wildman–Crippen LogP) is 5.14. The molecule has 0 saturated heterocycles. The Bertz CT molecular complexity index is 947. The average molecular weight is 464 g/mol. The van der Waals surface area contributed by atoms with E-state index in [1.54, 1.807) is 0 Å². The van der Waals surface area contributed by atoms with Gasteiger partial charge in [0.05, 0.1) is 0 Å². The van der Waals surface area contributed by atoms with Crippen LogP contribution < -0.4 is 0 Å². The highest BCUT2D eigenvalue weighted by Gasteiger charge is 2.39. The van der Waals surface area contributed by atoms with E-state index in [9.17, 15) is 4.79 Å². The van der Waals surface area contributed by atoms with Crippen molar-refractivity contribution in [3.8, 4) is 0 Å². The summed E-state index contributed by atoms with van der Waals surface area (Å²) >= 11 is 2.20. The maximum Gasteiger partial charge on any atom is 0.173 e. The van der Waals surface area contributed by atoms with Crippen molar-refractivity contribution in [2.24, 2.45) is 0 Å². The van der Waals surface area contributed by atoms with E-state index >= 15 is 0 Å². The molecule has 1 heterocycles. The van der Waals surface area contributed by atoms with E-state index in [1.165, 1.54) is 0 Å². The predicted molar refractivity (Wildman–Crippen MR) is 115 cm³/mol. The lowest BCUT2D eigenvalue weighted by Gasteiger charge is -2.37. The molecule has 0 saturated carbocycles. The van der Waals surface area contributed by atoms with Gasteiger partial charge in [-0.2, -0.15) is 0 Å². The van der Waals surface area contributed by atoms with Gasteiger partial charge in [0.25, 0.3) is 0 Å². The maximum absolute atomic E-state index is 11.4. The molecule has 4 heteroatoms. The molecule has 0 radical (unpaired) electrons. The topological polar surface area (TPSA) is 34.9 Å². The quantitative estimate of drug-likeness (QED) is 0.233. The van der Waals surface area contributed by atoms with Crippen molar-refractivity contribution in [3.05, 3.63) is 123 Å². The van der Waals surface area contributed by atoms with Crippen molar-refractivity contribution >= 4 is 28.9 Å². The number of hydrogen-bond acceptors (Lipinski definition) is 2. The Morgan fingerprint density at radius 3 is 1.48 bits per heavy atom. The molecular weight excluding hydrogens is 447 g/mol. The molecule has 0 aliphatic carbocycles. The van der Waals surface area contributed by atoms with Crippen molar-refractivity contribution < 1.29 is 4.79 Å². The SMILES string of the molecule is O=Cc1cn(C(c2ccccc2)(c2ccccc2)c2ccccc2)c(I)n1. The van der Waals surface area contributed by atoms with E-state index < -0.39 is 5.54 Å². The van der Waals surface area contributed by atoms with E-state index in [0.717, 1.165) is 26.8 Å². The Morgan fingerprint density at radius 1 is 0.741 bits per heavy atom. The first-order chi connectivity index (χ1) is 13.3. The fourth-order valence-electron chi connectivity index (χ4n) is 3.62. The lowest BCUT2D eigenvalue weighted by Crippen LogP contribution is -2.38. The maximum atomic E-state index is 11.4. The Balaban J connectivity index is 2.16. The summed E-state index contributed by atoms with van der Waals surface area (Å²) in [6.07, 6.45) is 2.63. The van der Waals surface area contributed by atoms with Gasteiger partial charge in [-0.3, -0.25) is 4.79 Å². The molecular formula is C23H17IN2O. The highest BCUT2D eigenvalue weighted by Crippen LogP contribution is 2.41. The van der Waals surface area contributed by atoms with Crippen LogP contribution in [-0.4, -0.2) is 15.8 Å². The van der Waals surface area contributed by atoms with Crippen LogP contribution in [0.3, 0.4) is 0 Å². The minimum absolute atomic E-state index is 0.423. The summed E-state index contributed by atoms with van der Waals surface area (Å²) < 4.78 is 2.85. The molecule has 0 atom stereocenters. The van der Waals surface area contributed by atoms with Crippen LogP contribution in [0.15, 0.2) is 97.2 Å². The molecule has 0 aliphatic rings. The Hall–Kier alpha value is -2.73. The minimum Gasteiger partial charge on any atom is -0.307 e. The number of rotatable bonds is 5. The largest absolute Gasteiger partial charge is 0.307 e. The van der Waals surface area contributed by atoms with E-state index in [2.05, 4.69) is 68.5 Å². The lowest BCUT2D eigenvalue weighted by atomic mass is 9.77. The van der Waals surface area contributed by atoms with Crippen LogP contribution in [0.5, 0.6) is 0 Å². The number of nitrogens with zero attached hydrogens (tertiary/aromatic N) is 2. The first kappa shape index (κ1) is 17.7. The monoisotopic (exact) mass is 464 g/mol. The Morgan fingerprint density at radius 2 is 1.15 bits per heavy atom. The molecule has 4 aromatic rings. The first-order valence-electron chi connectivity index (χ1n) is 8.64. The third-order valence-corrected chi connectivity index (χ3v) is 5.50. The van der Waals surface area contributed by atoms with Crippen molar-refractivity contribution in [2.45, 2.75) is 5.54 Å². The summed E-state index contributed by atoms with van der Waals surface area (Å²) in [4.78, 5) is 15.9. The molecule has 132 valence electrons. The van der Waals surface area contributed by atoms with Crippen molar-refractivity contribution in [1.82, 2.24) is 9.55 Å². The molecule has 0 bridgehead atoms. The fraction of sp³-hybridized carbons (Fsp3) is 0.0435. The van der Waals surface area contributed by atoms with Crippen LogP contribution in [0, 0.1) is 3.83 Å². The third-order valence-electron chi connectivity index (χ3n) is 4.74. The molecule has 4 rings (SSSR count). The van der Waals surface area contributed by atoms with Gasteiger partial charge in [0.15, 0.2) is 10.1 Å². The second-order valence-corrected chi connectivity index (χ2v) is 7.20. The second-order valence-electron chi connectivity index (χ2n) is 6.23. The summed E-state index contributed by atoms with van der Waals surface area (Å²) in [6.45, 7) is 0.